The molecule has 0 amide bonds. The molecule has 0 fully saturated rings. The van der Waals surface area contributed by atoms with Gasteiger partial charge in [0.25, 0.3) is 0 Å². The van der Waals surface area contributed by atoms with Crippen LogP contribution in [0.3, 0.4) is 0 Å². The summed E-state index contributed by atoms with van der Waals surface area (Å²) in [6, 6.07) is 6.36. The standard InChI is InChI=1S/C17H22O5/c1-5-21-17(19,10-11(2)3)13-8-12-6-7-16(18)22-14(12)9-15(13)20-4/h6-9,11,19H,5,10H2,1-4H3. The number of benzene rings is 1. The van der Waals surface area contributed by atoms with Gasteiger partial charge in [-0.1, -0.05) is 13.8 Å². The van der Waals surface area contributed by atoms with Crippen LogP contribution in [-0.2, 0) is 10.5 Å². The lowest BCUT2D eigenvalue weighted by Crippen LogP contribution is -2.32. The van der Waals surface area contributed by atoms with Crippen molar-refractivity contribution in [3.8, 4) is 5.75 Å². The molecule has 5 heteroatoms. The third kappa shape index (κ3) is 3.31. The molecule has 1 N–H and O–H groups in total. The Kier molecular flexibility index (Phi) is 4.88. The summed E-state index contributed by atoms with van der Waals surface area (Å²) in [6.07, 6.45) is 0.430. The minimum absolute atomic E-state index is 0.227. The van der Waals surface area contributed by atoms with Crippen LogP contribution in [0.2, 0.25) is 0 Å². The van der Waals surface area contributed by atoms with Crippen LogP contribution >= 0.6 is 0 Å². The van der Waals surface area contributed by atoms with E-state index in [2.05, 4.69) is 0 Å². The van der Waals surface area contributed by atoms with Crippen molar-refractivity contribution in [3.05, 3.63) is 40.2 Å². The van der Waals surface area contributed by atoms with Crippen LogP contribution in [0.5, 0.6) is 5.75 Å². The zero-order valence-electron chi connectivity index (χ0n) is 13.4. The fourth-order valence-corrected chi connectivity index (χ4v) is 2.61. The average molecular weight is 306 g/mol. The Balaban J connectivity index is 2.64. The van der Waals surface area contributed by atoms with Crippen molar-refractivity contribution in [2.24, 2.45) is 5.92 Å². The van der Waals surface area contributed by atoms with E-state index < -0.39 is 11.4 Å². The zero-order chi connectivity index (χ0) is 16.3. The van der Waals surface area contributed by atoms with Gasteiger partial charge in [0, 0.05) is 30.5 Å². The Morgan fingerprint density at radius 2 is 2.05 bits per heavy atom. The van der Waals surface area contributed by atoms with Crippen LogP contribution < -0.4 is 10.4 Å². The first-order valence-corrected chi connectivity index (χ1v) is 7.38. The molecule has 0 radical (unpaired) electrons. The van der Waals surface area contributed by atoms with Crippen LogP contribution in [0, 0.1) is 5.92 Å². The third-order valence-electron chi connectivity index (χ3n) is 3.43. The summed E-state index contributed by atoms with van der Waals surface area (Å²) in [4.78, 5) is 11.3. The monoisotopic (exact) mass is 306 g/mol. The predicted octanol–water partition coefficient (Wildman–Crippen LogP) is 3.03. The molecule has 1 aromatic carbocycles. The largest absolute Gasteiger partial charge is 0.496 e. The van der Waals surface area contributed by atoms with Gasteiger partial charge >= 0.3 is 5.63 Å². The predicted molar refractivity (Wildman–Crippen MR) is 84.0 cm³/mol. The highest BCUT2D eigenvalue weighted by Gasteiger charge is 2.34. The molecule has 1 unspecified atom stereocenters. The molecule has 0 saturated carbocycles. The van der Waals surface area contributed by atoms with Gasteiger partial charge in [-0.2, -0.15) is 0 Å². The van der Waals surface area contributed by atoms with Crippen LogP contribution in [-0.4, -0.2) is 18.8 Å². The van der Waals surface area contributed by atoms with Gasteiger partial charge in [0.1, 0.15) is 11.3 Å². The van der Waals surface area contributed by atoms with E-state index in [4.69, 9.17) is 13.9 Å². The van der Waals surface area contributed by atoms with E-state index in [0.29, 0.717) is 35.3 Å². The molecule has 0 aliphatic carbocycles. The quantitative estimate of drug-likeness (QED) is 0.656. The van der Waals surface area contributed by atoms with Crippen molar-refractivity contribution in [1.82, 2.24) is 0 Å². The average Bonchev–Trinajstić information content (AvgIpc) is 2.45. The maximum atomic E-state index is 11.3. The minimum atomic E-state index is -1.45. The Bertz CT molecular complexity index is 704. The molecule has 120 valence electrons. The molecule has 0 aliphatic rings. The number of aliphatic hydroxyl groups is 1. The second kappa shape index (κ2) is 6.50. The Morgan fingerprint density at radius 1 is 1.32 bits per heavy atom. The van der Waals surface area contributed by atoms with E-state index in [9.17, 15) is 9.90 Å². The highest BCUT2D eigenvalue weighted by Crippen LogP contribution is 2.38. The van der Waals surface area contributed by atoms with Crippen molar-refractivity contribution in [1.29, 1.82) is 0 Å². The van der Waals surface area contributed by atoms with Crippen LogP contribution in [0.1, 0.15) is 32.8 Å². The zero-order valence-corrected chi connectivity index (χ0v) is 13.4. The topological polar surface area (TPSA) is 68.9 Å². The summed E-state index contributed by atoms with van der Waals surface area (Å²) < 4.78 is 16.1. The lowest BCUT2D eigenvalue weighted by atomic mass is 9.94. The summed E-state index contributed by atoms with van der Waals surface area (Å²) >= 11 is 0. The van der Waals surface area contributed by atoms with E-state index >= 15 is 0 Å². The van der Waals surface area contributed by atoms with Crippen molar-refractivity contribution in [3.63, 3.8) is 0 Å². The van der Waals surface area contributed by atoms with E-state index in [1.54, 1.807) is 18.2 Å². The van der Waals surface area contributed by atoms with Gasteiger partial charge in [0.15, 0.2) is 5.79 Å². The molecule has 1 atom stereocenters. The van der Waals surface area contributed by atoms with Gasteiger partial charge in [-0.05, 0) is 25.0 Å². The Hall–Kier alpha value is -1.85. The van der Waals surface area contributed by atoms with Crippen molar-refractivity contribution < 1.29 is 19.0 Å². The summed E-state index contributed by atoms with van der Waals surface area (Å²) in [7, 11) is 1.51. The molecule has 0 bridgehead atoms. The van der Waals surface area contributed by atoms with E-state index in [1.165, 1.54) is 13.2 Å². The van der Waals surface area contributed by atoms with E-state index in [-0.39, 0.29) is 5.92 Å². The van der Waals surface area contributed by atoms with Gasteiger partial charge in [-0.25, -0.2) is 4.79 Å². The highest BCUT2D eigenvalue weighted by atomic mass is 16.6. The maximum absolute atomic E-state index is 11.3. The molecule has 5 nitrogen and oxygen atoms in total. The van der Waals surface area contributed by atoms with Crippen LogP contribution in [0.4, 0.5) is 0 Å². The summed E-state index contributed by atoms with van der Waals surface area (Å²) in [6.45, 7) is 6.22. The summed E-state index contributed by atoms with van der Waals surface area (Å²) in [5.41, 5.74) is 0.521. The molecule has 0 aliphatic heterocycles. The molecule has 2 rings (SSSR count). The van der Waals surface area contributed by atoms with Crippen molar-refractivity contribution in [2.75, 3.05) is 13.7 Å². The van der Waals surface area contributed by atoms with Gasteiger partial charge in [-0.15, -0.1) is 0 Å². The number of rotatable bonds is 6. The summed E-state index contributed by atoms with van der Waals surface area (Å²) in [5, 5.41) is 11.7. The molecule has 0 saturated heterocycles. The second-order valence-electron chi connectivity index (χ2n) is 5.66. The van der Waals surface area contributed by atoms with Crippen molar-refractivity contribution in [2.45, 2.75) is 33.0 Å². The van der Waals surface area contributed by atoms with Crippen molar-refractivity contribution >= 4 is 11.0 Å². The number of hydrogen-bond donors (Lipinski definition) is 1. The molecular weight excluding hydrogens is 284 g/mol. The molecular formula is C17H22O5. The second-order valence-corrected chi connectivity index (χ2v) is 5.66. The van der Waals surface area contributed by atoms with E-state index in [1.807, 2.05) is 20.8 Å². The first-order chi connectivity index (χ1) is 10.4. The number of ether oxygens (including phenoxy) is 2. The molecule has 1 aromatic heterocycles. The lowest BCUT2D eigenvalue weighted by molar-refractivity contribution is -0.220. The fourth-order valence-electron chi connectivity index (χ4n) is 2.61. The smallest absolute Gasteiger partial charge is 0.336 e. The van der Waals surface area contributed by atoms with Gasteiger partial charge < -0.3 is 19.0 Å². The highest BCUT2D eigenvalue weighted by molar-refractivity contribution is 5.79. The third-order valence-corrected chi connectivity index (χ3v) is 3.43. The number of hydrogen-bond acceptors (Lipinski definition) is 5. The van der Waals surface area contributed by atoms with Crippen LogP contribution in [0.25, 0.3) is 11.0 Å². The van der Waals surface area contributed by atoms with Gasteiger partial charge in [0.05, 0.1) is 12.7 Å². The maximum Gasteiger partial charge on any atom is 0.336 e. The SMILES string of the molecule is CCOC(O)(CC(C)C)c1cc2ccc(=O)oc2cc1OC. The molecule has 2 aromatic rings. The molecule has 1 heterocycles. The molecule has 22 heavy (non-hydrogen) atoms. The first-order valence-electron chi connectivity index (χ1n) is 7.38. The first kappa shape index (κ1) is 16.5. The Morgan fingerprint density at radius 3 is 2.64 bits per heavy atom. The fraction of sp³-hybridized carbons (Fsp3) is 0.471. The Labute approximate surface area is 129 Å². The normalized spacial score (nSPS) is 14.3. The van der Waals surface area contributed by atoms with E-state index in [0.717, 1.165) is 0 Å². The molecule has 0 spiro atoms. The minimum Gasteiger partial charge on any atom is -0.496 e. The van der Waals surface area contributed by atoms with Crippen LogP contribution in [0.15, 0.2) is 33.5 Å². The van der Waals surface area contributed by atoms with Gasteiger partial charge in [-0.3, -0.25) is 0 Å². The lowest BCUT2D eigenvalue weighted by Gasteiger charge is -2.31. The number of methoxy groups -OCH3 is 1. The van der Waals surface area contributed by atoms with Gasteiger partial charge in [0.2, 0.25) is 0 Å². The summed E-state index contributed by atoms with van der Waals surface area (Å²) in [5.74, 6) is -0.789. The number of fused-ring (bicyclic) bond motifs is 1.